The highest BCUT2D eigenvalue weighted by Gasteiger charge is 2.26. The third-order valence-electron chi connectivity index (χ3n) is 4.40. The summed E-state index contributed by atoms with van der Waals surface area (Å²) in [5.74, 6) is 0. The van der Waals surface area contributed by atoms with Crippen LogP contribution in [0.2, 0.25) is 0 Å². The lowest BCUT2D eigenvalue weighted by atomic mass is 9.96. The Balaban J connectivity index is 2.13. The van der Waals surface area contributed by atoms with Crippen molar-refractivity contribution in [3.8, 4) is 17.3 Å². The van der Waals surface area contributed by atoms with Crippen molar-refractivity contribution in [2.45, 2.75) is 32.2 Å². The lowest BCUT2D eigenvalue weighted by Gasteiger charge is -2.27. The summed E-state index contributed by atoms with van der Waals surface area (Å²) >= 11 is 1.29. The minimum Gasteiger partial charge on any atom is -0.465 e. The van der Waals surface area contributed by atoms with Gasteiger partial charge in [0.2, 0.25) is 0 Å². The van der Waals surface area contributed by atoms with Crippen molar-refractivity contribution in [1.82, 2.24) is 13.9 Å². The van der Waals surface area contributed by atoms with Gasteiger partial charge in [-0.2, -0.15) is 16.6 Å². The minimum absolute atomic E-state index is 0.00285. The van der Waals surface area contributed by atoms with Gasteiger partial charge in [-0.05, 0) is 29.2 Å². The van der Waals surface area contributed by atoms with Crippen LogP contribution in [-0.2, 0) is 16.6 Å². The molecule has 0 aliphatic heterocycles. The van der Waals surface area contributed by atoms with Crippen LogP contribution in [0.5, 0.6) is 0 Å². The lowest BCUT2D eigenvalue weighted by Crippen LogP contribution is -2.36. The first kappa shape index (κ1) is 22.5. The fraction of sp³-hybridized carbons (Fsp3) is 0.286. The van der Waals surface area contributed by atoms with Crippen molar-refractivity contribution in [3.63, 3.8) is 0 Å². The predicted molar refractivity (Wildman–Crippen MR) is 117 cm³/mol. The van der Waals surface area contributed by atoms with E-state index in [4.69, 9.17) is 0 Å². The van der Waals surface area contributed by atoms with Crippen LogP contribution in [0.1, 0.15) is 31.9 Å². The molecule has 0 aliphatic carbocycles. The fourth-order valence-electron chi connectivity index (χ4n) is 3.16. The lowest BCUT2D eigenvalue weighted by molar-refractivity contribution is 0.123. The number of rotatable bonds is 6. The molecule has 0 aromatic carbocycles. The van der Waals surface area contributed by atoms with E-state index in [-0.39, 0.29) is 23.4 Å². The molecule has 0 saturated carbocycles. The monoisotopic (exact) mass is 458 g/mol. The second-order valence-electron chi connectivity index (χ2n) is 8.23. The number of carboxylic acid groups (broad SMARTS) is 1. The SMILES string of the molecule is CC(C)(C)CN(Cc1cc(-c2cscc2C#N)n(S(=O)(=O)c2cccnc2)c1)C(=O)O. The van der Waals surface area contributed by atoms with Crippen LogP contribution in [-0.4, -0.2) is 40.0 Å². The number of hydrogen-bond donors (Lipinski definition) is 1. The molecule has 162 valence electrons. The smallest absolute Gasteiger partial charge is 0.407 e. The Morgan fingerprint density at radius 3 is 2.68 bits per heavy atom. The molecule has 0 radical (unpaired) electrons. The Labute approximate surface area is 185 Å². The number of nitriles is 1. The highest BCUT2D eigenvalue weighted by Crippen LogP contribution is 2.32. The average molecular weight is 459 g/mol. The van der Waals surface area contributed by atoms with Crippen LogP contribution in [0, 0.1) is 16.7 Å². The Bertz CT molecular complexity index is 1230. The highest BCUT2D eigenvalue weighted by molar-refractivity contribution is 7.90. The first-order valence-corrected chi connectivity index (χ1v) is 11.7. The van der Waals surface area contributed by atoms with E-state index in [1.165, 1.54) is 47.0 Å². The van der Waals surface area contributed by atoms with E-state index in [1.54, 1.807) is 16.8 Å². The molecule has 3 aromatic heterocycles. The molecule has 31 heavy (non-hydrogen) atoms. The number of aromatic nitrogens is 2. The van der Waals surface area contributed by atoms with Gasteiger partial charge in [-0.1, -0.05) is 20.8 Å². The largest absolute Gasteiger partial charge is 0.465 e. The quantitative estimate of drug-likeness (QED) is 0.590. The molecule has 3 heterocycles. The van der Waals surface area contributed by atoms with E-state index in [0.717, 1.165) is 3.97 Å². The minimum atomic E-state index is -4.01. The van der Waals surface area contributed by atoms with Gasteiger partial charge in [0, 0.05) is 41.5 Å². The first-order chi connectivity index (χ1) is 14.5. The summed E-state index contributed by atoms with van der Waals surface area (Å²) < 4.78 is 27.7. The van der Waals surface area contributed by atoms with Crippen molar-refractivity contribution in [2.75, 3.05) is 6.54 Å². The summed E-state index contributed by atoms with van der Waals surface area (Å²) in [5.41, 5.74) is 1.36. The van der Waals surface area contributed by atoms with E-state index < -0.39 is 16.1 Å². The van der Waals surface area contributed by atoms with Crippen LogP contribution >= 0.6 is 11.3 Å². The maximum Gasteiger partial charge on any atom is 0.407 e. The Kier molecular flexibility index (Phi) is 6.20. The molecule has 0 saturated heterocycles. The molecule has 0 spiro atoms. The van der Waals surface area contributed by atoms with Gasteiger partial charge in [-0.15, -0.1) is 0 Å². The number of pyridine rings is 1. The number of hydrogen-bond acceptors (Lipinski definition) is 6. The zero-order valence-corrected chi connectivity index (χ0v) is 18.9. The first-order valence-electron chi connectivity index (χ1n) is 9.34. The van der Waals surface area contributed by atoms with E-state index in [0.29, 0.717) is 22.4 Å². The summed E-state index contributed by atoms with van der Waals surface area (Å²) in [6, 6.07) is 6.66. The van der Waals surface area contributed by atoms with E-state index >= 15 is 0 Å². The van der Waals surface area contributed by atoms with Gasteiger partial charge in [-0.3, -0.25) is 4.98 Å². The van der Waals surface area contributed by atoms with E-state index in [1.807, 2.05) is 20.8 Å². The van der Waals surface area contributed by atoms with Crippen LogP contribution in [0.25, 0.3) is 11.3 Å². The Morgan fingerprint density at radius 2 is 2.10 bits per heavy atom. The Hall–Kier alpha value is -3.16. The highest BCUT2D eigenvalue weighted by atomic mass is 32.2. The van der Waals surface area contributed by atoms with E-state index in [9.17, 15) is 23.6 Å². The predicted octanol–water partition coefficient (Wildman–Crippen LogP) is 4.25. The molecule has 3 aromatic rings. The third kappa shape index (κ3) is 4.95. The molecule has 8 nitrogen and oxygen atoms in total. The number of nitrogens with zero attached hydrogens (tertiary/aromatic N) is 4. The number of carbonyl (C=O) groups is 1. The Morgan fingerprint density at radius 1 is 1.35 bits per heavy atom. The second kappa shape index (κ2) is 8.53. The molecular formula is C21H22N4O4S2. The molecule has 0 unspecified atom stereocenters. The topological polar surface area (TPSA) is 116 Å². The van der Waals surface area contributed by atoms with Crippen molar-refractivity contribution in [2.24, 2.45) is 5.41 Å². The molecule has 10 heteroatoms. The number of amides is 1. The van der Waals surface area contributed by atoms with Crippen molar-refractivity contribution >= 4 is 27.5 Å². The summed E-state index contributed by atoms with van der Waals surface area (Å²) in [6.07, 6.45) is 3.05. The van der Waals surface area contributed by atoms with Gasteiger partial charge in [0.05, 0.1) is 17.8 Å². The summed E-state index contributed by atoms with van der Waals surface area (Å²) in [6.45, 7) is 6.08. The molecule has 0 fully saturated rings. The third-order valence-corrected chi connectivity index (χ3v) is 6.80. The van der Waals surface area contributed by atoms with Gasteiger partial charge >= 0.3 is 6.09 Å². The standard InChI is InChI=1S/C21H22N4O4S2/c1-21(2,3)14-24(20(26)27)10-15-7-19(18-13-30-12-16(18)8-22)25(11-15)31(28,29)17-5-4-6-23-9-17/h4-7,9,11-13H,10,14H2,1-3H3,(H,26,27). The average Bonchev–Trinajstić information content (AvgIpc) is 3.33. The second-order valence-corrected chi connectivity index (χ2v) is 10.8. The molecule has 0 bridgehead atoms. The van der Waals surface area contributed by atoms with Crippen molar-refractivity contribution in [1.29, 1.82) is 5.26 Å². The van der Waals surface area contributed by atoms with Gasteiger partial charge in [0.1, 0.15) is 11.0 Å². The summed E-state index contributed by atoms with van der Waals surface area (Å²) in [5, 5.41) is 22.4. The van der Waals surface area contributed by atoms with Crippen LogP contribution in [0.3, 0.4) is 0 Å². The molecule has 1 N–H and O–H groups in total. The van der Waals surface area contributed by atoms with Gasteiger partial charge in [-0.25, -0.2) is 17.2 Å². The maximum atomic E-state index is 13.3. The zero-order valence-electron chi connectivity index (χ0n) is 17.3. The van der Waals surface area contributed by atoms with E-state index in [2.05, 4.69) is 11.1 Å². The number of thiophene rings is 1. The molecule has 1 amide bonds. The fourth-order valence-corrected chi connectivity index (χ4v) is 5.28. The van der Waals surface area contributed by atoms with Gasteiger partial charge < -0.3 is 10.0 Å². The van der Waals surface area contributed by atoms with Crippen molar-refractivity contribution in [3.05, 3.63) is 58.7 Å². The van der Waals surface area contributed by atoms with Gasteiger partial charge in [0.15, 0.2) is 0 Å². The van der Waals surface area contributed by atoms with Crippen molar-refractivity contribution < 1.29 is 18.3 Å². The maximum absolute atomic E-state index is 13.3. The molecule has 3 rings (SSSR count). The van der Waals surface area contributed by atoms with Crippen LogP contribution < -0.4 is 0 Å². The van der Waals surface area contributed by atoms with Crippen LogP contribution in [0.4, 0.5) is 4.79 Å². The van der Waals surface area contributed by atoms with Gasteiger partial charge in [0.25, 0.3) is 10.0 Å². The molecule has 0 atom stereocenters. The summed E-state index contributed by atoms with van der Waals surface area (Å²) in [4.78, 5) is 16.9. The van der Waals surface area contributed by atoms with Crippen LogP contribution in [0.15, 0.2) is 52.4 Å². The normalized spacial score (nSPS) is 11.8. The summed E-state index contributed by atoms with van der Waals surface area (Å²) in [7, 11) is -4.01. The molecular weight excluding hydrogens is 436 g/mol. The molecule has 0 aliphatic rings. The zero-order chi connectivity index (χ0) is 22.8.